The molecular weight excluding hydrogens is 200 g/mol. The Hall–Kier alpha value is -0.493. The monoisotopic (exact) mass is 216 g/mol. The summed E-state index contributed by atoms with van der Waals surface area (Å²) < 4.78 is 1.55. The van der Waals surface area contributed by atoms with E-state index >= 15 is 0 Å². The Bertz CT molecular complexity index is 291. The molecule has 0 fully saturated rings. The average Bonchev–Trinajstić information content (AvgIpc) is 2.29. The normalized spacial score (nSPS) is 12.0. The maximum Gasteiger partial charge on any atom is 0.209 e. The van der Waals surface area contributed by atoms with Crippen LogP contribution in [0.1, 0.15) is 5.82 Å². The van der Waals surface area contributed by atoms with Crippen LogP contribution in [0.25, 0.3) is 0 Å². The van der Waals surface area contributed by atoms with Gasteiger partial charge < -0.3 is 5.84 Å². The van der Waals surface area contributed by atoms with Crippen LogP contribution in [0.15, 0.2) is 5.16 Å². The van der Waals surface area contributed by atoms with Crippen molar-refractivity contribution in [3.63, 3.8) is 0 Å². The van der Waals surface area contributed by atoms with Gasteiger partial charge >= 0.3 is 0 Å². The van der Waals surface area contributed by atoms with Crippen molar-refractivity contribution in [2.24, 2.45) is 0 Å². The van der Waals surface area contributed by atoms with Gasteiger partial charge in [-0.25, -0.2) is 4.68 Å². The predicted octanol–water partition coefficient (Wildman–Crippen LogP) is 1.27. The Labute approximate surface area is 83.9 Å². The number of rotatable bonds is 3. The van der Waals surface area contributed by atoms with Gasteiger partial charge in [0.15, 0.2) is 0 Å². The zero-order chi connectivity index (χ0) is 10.1. The molecule has 0 aromatic carbocycles. The number of hydrogen-bond donors (Lipinski definition) is 1. The molecule has 0 radical (unpaired) electrons. The van der Waals surface area contributed by atoms with Crippen LogP contribution < -0.4 is 5.84 Å². The van der Waals surface area contributed by atoms with Gasteiger partial charge in [0.05, 0.1) is 8.07 Å². The largest absolute Gasteiger partial charge is 0.336 e. The molecule has 0 saturated carbocycles. The fourth-order valence-corrected chi connectivity index (χ4v) is 3.35. The Kier molecular flexibility index (Phi) is 3.02. The highest BCUT2D eigenvalue weighted by Crippen LogP contribution is 2.18. The first kappa shape index (κ1) is 10.6. The van der Waals surface area contributed by atoms with Crippen molar-refractivity contribution in [3.8, 4) is 0 Å². The van der Waals surface area contributed by atoms with Gasteiger partial charge in [0.1, 0.15) is 5.82 Å². The predicted molar refractivity (Wildman–Crippen MR) is 59.0 cm³/mol. The van der Waals surface area contributed by atoms with Crippen molar-refractivity contribution >= 4 is 19.8 Å². The maximum absolute atomic E-state index is 5.72. The van der Waals surface area contributed by atoms with Crippen molar-refractivity contribution < 1.29 is 0 Å². The van der Waals surface area contributed by atoms with Crippen LogP contribution in [0.2, 0.25) is 19.6 Å². The average molecular weight is 216 g/mol. The first-order valence-electron chi connectivity index (χ1n) is 4.20. The van der Waals surface area contributed by atoms with Gasteiger partial charge in [-0.3, -0.25) is 0 Å². The Morgan fingerprint density at radius 1 is 1.38 bits per heavy atom. The summed E-state index contributed by atoms with van der Waals surface area (Å²) in [7, 11) is -1.03. The third-order valence-corrected chi connectivity index (χ3v) is 6.05. The zero-order valence-corrected chi connectivity index (χ0v) is 10.4. The quantitative estimate of drug-likeness (QED) is 0.470. The molecule has 2 N–H and O–H groups in total. The molecule has 0 amide bonds. The first-order chi connectivity index (χ1) is 5.90. The molecule has 13 heavy (non-hydrogen) atoms. The van der Waals surface area contributed by atoms with E-state index in [-0.39, 0.29) is 0 Å². The van der Waals surface area contributed by atoms with E-state index in [1.54, 1.807) is 16.4 Å². The molecule has 0 atom stereocenters. The van der Waals surface area contributed by atoms with E-state index in [2.05, 4.69) is 29.8 Å². The van der Waals surface area contributed by atoms with Crippen molar-refractivity contribution in [2.75, 3.05) is 11.2 Å². The molecule has 1 rings (SSSR count). The molecule has 1 aromatic heterocycles. The van der Waals surface area contributed by atoms with Crippen LogP contribution in [-0.2, 0) is 0 Å². The molecule has 0 aliphatic carbocycles. The highest BCUT2D eigenvalue weighted by atomic mass is 32.2. The van der Waals surface area contributed by atoms with E-state index in [1.807, 2.05) is 6.92 Å². The Morgan fingerprint density at radius 3 is 2.38 bits per heavy atom. The van der Waals surface area contributed by atoms with Crippen LogP contribution in [0.5, 0.6) is 0 Å². The summed E-state index contributed by atoms with van der Waals surface area (Å²) in [5, 5.41) is 9.84. The second-order valence-electron chi connectivity index (χ2n) is 4.25. The lowest BCUT2D eigenvalue weighted by atomic mass is 10.7. The molecule has 0 aliphatic heterocycles. The van der Waals surface area contributed by atoms with Crippen molar-refractivity contribution in [2.45, 2.75) is 31.7 Å². The molecule has 4 nitrogen and oxygen atoms in total. The van der Waals surface area contributed by atoms with Gasteiger partial charge in [-0.05, 0) is 12.3 Å². The van der Waals surface area contributed by atoms with Gasteiger partial charge in [0.2, 0.25) is 5.16 Å². The Balaban J connectivity index is 2.60. The minimum Gasteiger partial charge on any atom is -0.336 e. The molecule has 0 unspecified atom stereocenters. The molecule has 0 bridgehead atoms. The van der Waals surface area contributed by atoms with Crippen LogP contribution in [0.3, 0.4) is 0 Å². The van der Waals surface area contributed by atoms with E-state index in [0.717, 1.165) is 16.4 Å². The molecule has 74 valence electrons. The highest BCUT2D eigenvalue weighted by molar-refractivity contribution is 8.00. The fourth-order valence-electron chi connectivity index (χ4n) is 0.729. The smallest absolute Gasteiger partial charge is 0.209 e. The summed E-state index contributed by atoms with van der Waals surface area (Å²) in [6.45, 7) is 8.82. The topological polar surface area (TPSA) is 56.7 Å². The summed E-state index contributed by atoms with van der Waals surface area (Å²) in [5.41, 5.74) is 0. The van der Waals surface area contributed by atoms with E-state index in [0.29, 0.717) is 0 Å². The van der Waals surface area contributed by atoms with Crippen LogP contribution in [0, 0.1) is 6.92 Å². The molecule has 0 aliphatic rings. The number of nitrogens with zero attached hydrogens (tertiary/aromatic N) is 3. The lowest BCUT2D eigenvalue weighted by Crippen LogP contribution is -2.24. The Morgan fingerprint density at radius 2 is 2.00 bits per heavy atom. The summed E-state index contributed by atoms with van der Waals surface area (Å²) in [6.07, 6.45) is 0. The number of aryl methyl sites for hydroxylation is 1. The summed E-state index contributed by atoms with van der Waals surface area (Å²) in [4.78, 5) is 0. The van der Waals surface area contributed by atoms with E-state index in [9.17, 15) is 0 Å². The highest BCUT2D eigenvalue weighted by Gasteiger charge is 2.15. The van der Waals surface area contributed by atoms with E-state index in [1.165, 1.54) is 0 Å². The van der Waals surface area contributed by atoms with E-state index in [4.69, 9.17) is 5.84 Å². The number of nitrogen functional groups attached to an aromatic ring is 1. The van der Waals surface area contributed by atoms with Gasteiger partial charge in [-0.15, -0.1) is 10.2 Å². The van der Waals surface area contributed by atoms with Gasteiger partial charge in [0, 0.05) is 0 Å². The lowest BCUT2D eigenvalue weighted by molar-refractivity contribution is 0.826. The third kappa shape index (κ3) is 3.04. The maximum atomic E-state index is 5.72. The second-order valence-corrected chi connectivity index (χ2v) is 11.2. The second kappa shape index (κ2) is 3.71. The number of aromatic nitrogens is 3. The number of hydrogen-bond acceptors (Lipinski definition) is 4. The van der Waals surface area contributed by atoms with Crippen molar-refractivity contribution in [3.05, 3.63) is 5.82 Å². The molecule has 0 saturated heterocycles. The number of nitrogens with two attached hydrogens (primary N) is 1. The van der Waals surface area contributed by atoms with Gasteiger partial charge in [-0.1, -0.05) is 31.4 Å². The van der Waals surface area contributed by atoms with Gasteiger partial charge in [-0.2, -0.15) is 0 Å². The SMILES string of the molecule is Cc1nnc(SC[Si](C)(C)C)n1N. The van der Waals surface area contributed by atoms with E-state index < -0.39 is 8.07 Å². The summed E-state index contributed by atoms with van der Waals surface area (Å²) in [6, 6.07) is 0. The summed E-state index contributed by atoms with van der Waals surface area (Å²) >= 11 is 1.70. The minimum absolute atomic E-state index is 0.762. The number of thioether (sulfide) groups is 1. The molecule has 6 heteroatoms. The van der Waals surface area contributed by atoms with Crippen molar-refractivity contribution in [1.82, 2.24) is 14.9 Å². The minimum atomic E-state index is -1.03. The molecular formula is C7H16N4SSi. The zero-order valence-electron chi connectivity index (χ0n) is 8.53. The first-order valence-corrected chi connectivity index (χ1v) is 8.89. The third-order valence-electron chi connectivity index (χ3n) is 1.47. The van der Waals surface area contributed by atoms with Crippen LogP contribution in [-0.4, -0.2) is 28.3 Å². The summed E-state index contributed by atoms with van der Waals surface area (Å²) in [5.74, 6) is 6.48. The molecule has 1 aromatic rings. The molecule has 0 spiro atoms. The van der Waals surface area contributed by atoms with Gasteiger partial charge in [0.25, 0.3) is 0 Å². The van der Waals surface area contributed by atoms with Crippen LogP contribution >= 0.6 is 11.8 Å². The van der Waals surface area contributed by atoms with Crippen LogP contribution in [0.4, 0.5) is 0 Å². The molecule has 1 heterocycles. The lowest BCUT2D eigenvalue weighted by Gasteiger charge is -2.13. The standard InChI is InChI=1S/C7H16N4SSi/c1-6-9-10-7(11(6)8)12-5-13(2,3)4/h5,8H2,1-4H3. The van der Waals surface area contributed by atoms with Crippen molar-refractivity contribution in [1.29, 1.82) is 0 Å². The fraction of sp³-hybridized carbons (Fsp3) is 0.714.